The molecule has 0 aliphatic heterocycles. The van der Waals surface area contributed by atoms with Crippen LogP contribution >= 0.6 is 0 Å². The number of nitrogens with one attached hydrogen (secondary N) is 2. The van der Waals surface area contributed by atoms with Gasteiger partial charge in [-0.2, -0.15) is 0 Å². The van der Waals surface area contributed by atoms with Crippen molar-refractivity contribution in [1.29, 1.82) is 0 Å². The third-order valence-corrected chi connectivity index (χ3v) is 2.65. The number of carbonyl (C=O) groups is 3. The SMILES string of the molecule is COc1ccc(C(=O)NCCNC(=O)CCC(=O)O)cc1. The second kappa shape index (κ2) is 8.57. The van der Waals surface area contributed by atoms with Crippen LogP contribution in [0.5, 0.6) is 5.75 Å². The molecule has 7 heteroatoms. The summed E-state index contributed by atoms with van der Waals surface area (Å²) in [5.41, 5.74) is 0.494. The molecule has 1 rings (SSSR count). The molecule has 0 heterocycles. The highest BCUT2D eigenvalue weighted by Crippen LogP contribution is 2.10. The molecule has 21 heavy (non-hydrogen) atoms. The van der Waals surface area contributed by atoms with E-state index in [1.165, 1.54) is 0 Å². The highest BCUT2D eigenvalue weighted by atomic mass is 16.5. The second-order valence-electron chi connectivity index (χ2n) is 4.23. The van der Waals surface area contributed by atoms with E-state index in [2.05, 4.69) is 10.6 Å². The van der Waals surface area contributed by atoms with Crippen LogP contribution in [0.4, 0.5) is 0 Å². The van der Waals surface area contributed by atoms with E-state index in [1.54, 1.807) is 31.4 Å². The lowest BCUT2D eigenvalue weighted by Gasteiger charge is -2.07. The van der Waals surface area contributed by atoms with Gasteiger partial charge in [0, 0.05) is 25.1 Å². The summed E-state index contributed by atoms with van der Waals surface area (Å²) >= 11 is 0. The van der Waals surface area contributed by atoms with E-state index in [0.29, 0.717) is 11.3 Å². The lowest BCUT2D eigenvalue weighted by Crippen LogP contribution is -2.34. The summed E-state index contributed by atoms with van der Waals surface area (Å²) in [4.78, 5) is 33.3. The van der Waals surface area contributed by atoms with Crippen LogP contribution in [0.15, 0.2) is 24.3 Å². The van der Waals surface area contributed by atoms with Gasteiger partial charge in [-0.1, -0.05) is 0 Å². The Kier molecular flexibility index (Phi) is 6.73. The van der Waals surface area contributed by atoms with Crippen LogP contribution in [-0.2, 0) is 9.59 Å². The summed E-state index contributed by atoms with van der Waals surface area (Å²) < 4.78 is 4.99. The van der Waals surface area contributed by atoms with Gasteiger partial charge in [0.15, 0.2) is 0 Å². The van der Waals surface area contributed by atoms with E-state index >= 15 is 0 Å². The molecule has 3 N–H and O–H groups in total. The molecule has 114 valence electrons. The third kappa shape index (κ3) is 6.42. The van der Waals surface area contributed by atoms with Crippen LogP contribution in [0.2, 0.25) is 0 Å². The zero-order valence-electron chi connectivity index (χ0n) is 11.7. The van der Waals surface area contributed by atoms with Crippen LogP contribution in [0.25, 0.3) is 0 Å². The Balaban J connectivity index is 2.24. The van der Waals surface area contributed by atoms with Crippen LogP contribution < -0.4 is 15.4 Å². The number of carboxylic acid groups (broad SMARTS) is 1. The van der Waals surface area contributed by atoms with Crippen LogP contribution in [0, 0.1) is 0 Å². The Morgan fingerprint density at radius 1 is 1.05 bits per heavy atom. The summed E-state index contributed by atoms with van der Waals surface area (Å²) in [7, 11) is 1.54. The number of carbonyl (C=O) groups excluding carboxylic acids is 2. The predicted molar refractivity (Wildman–Crippen MR) is 75.2 cm³/mol. The van der Waals surface area contributed by atoms with Crippen molar-refractivity contribution in [2.45, 2.75) is 12.8 Å². The molecule has 0 fully saturated rings. The number of benzene rings is 1. The van der Waals surface area contributed by atoms with Gasteiger partial charge in [0.1, 0.15) is 5.75 Å². The van der Waals surface area contributed by atoms with Gasteiger partial charge >= 0.3 is 5.97 Å². The monoisotopic (exact) mass is 294 g/mol. The molecule has 0 aromatic heterocycles. The molecule has 0 atom stereocenters. The average molecular weight is 294 g/mol. The van der Waals surface area contributed by atoms with Gasteiger partial charge in [-0.25, -0.2) is 0 Å². The molecule has 0 radical (unpaired) electrons. The number of aliphatic carboxylic acids is 1. The fourth-order valence-electron chi connectivity index (χ4n) is 1.53. The second-order valence-corrected chi connectivity index (χ2v) is 4.23. The number of hydrogen-bond acceptors (Lipinski definition) is 4. The smallest absolute Gasteiger partial charge is 0.303 e. The van der Waals surface area contributed by atoms with Gasteiger partial charge in [-0.05, 0) is 24.3 Å². The minimum atomic E-state index is -1.02. The number of amides is 2. The quantitative estimate of drug-likeness (QED) is 0.602. The topological polar surface area (TPSA) is 105 Å². The van der Waals surface area contributed by atoms with E-state index in [4.69, 9.17) is 9.84 Å². The van der Waals surface area contributed by atoms with Crippen LogP contribution in [0.1, 0.15) is 23.2 Å². The molecule has 2 amide bonds. The normalized spacial score (nSPS) is 9.76. The average Bonchev–Trinajstić information content (AvgIpc) is 2.49. The Hall–Kier alpha value is -2.57. The van der Waals surface area contributed by atoms with E-state index in [9.17, 15) is 14.4 Å². The minimum Gasteiger partial charge on any atom is -0.497 e. The first kappa shape index (κ1) is 16.5. The Labute approximate surface area is 122 Å². The molecule has 7 nitrogen and oxygen atoms in total. The van der Waals surface area contributed by atoms with Crippen molar-refractivity contribution in [2.75, 3.05) is 20.2 Å². The zero-order chi connectivity index (χ0) is 15.7. The van der Waals surface area contributed by atoms with Gasteiger partial charge < -0.3 is 20.5 Å². The highest BCUT2D eigenvalue weighted by molar-refractivity contribution is 5.94. The van der Waals surface area contributed by atoms with E-state index in [0.717, 1.165) is 0 Å². The van der Waals surface area contributed by atoms with E-state index in [1.807, 2.05) is 0 Å². The van der Waals surface area contributed by atoms with Crippen molar-refractivity contribution in [1.82, 2.24) is 10.6 Å². The number of rotatable bonds is 8. The van der Waals surface area contributed by atoms with Crippen molar-refractivity contribution >= 4 is 17.8 Å². The summed E-state index contributed by atoms with van der Waals surface area (Å²) in [6.07, 6.45) is -0.272. The molecule has 0 aliphatic rings. The summed E-state index contributed by atoms with van der Waals surface area (Å²) in [5.74, 6) is -0.955. The number of ether oxygens (including phenoxy) is 1. The Morgan fingerprint density at radius 3 is 2.24 bits per heavy atom. The predicted octanol–water partition coefficient (Wildman–Crippen LogP) is 0.406. The number of hydrogen-bond donors (Lipinski definition) is 3. The maximum Gasteiger partial charge on any atom is 0.303 e. The van der Waals surface area contributed by atoms with Crippen molar-refractivity contribution in [2.24, 2.45) is 0 Å². The van der Waals surface area contributed by atoms with Crippen molar-refractivity contribution in [3.63, 3.8) is 0 Å². The molecule has 0 unspecified atom stereocenters. The summed E-state index contributed by atoms with van der Waals surface area (Å²) in [6.45, 7) is 0.518. The van der Waals surface area contributed by atoms with Gasteiger partial charge in [0.25, 0.3) is 5.91 Å². The third-order valence-electron chi connectivity index (χ3n) is 2.65. The standard InChI is InChI=1S/C14H18N2O5/c1-21-11-4-2-10(3-5-11)14(20)16-9-8-15-12(17)6-7-13(18)19/h2-5H,6-9H2,1H3,(H,15,17)(H,16,20)(H,18,19). The Morgan fingerprint density at radius 2 is 1.67 bits per heavy atom. The fraction of sp³-hybridized carbons (Fsp3) is 0.357. The highest BCUT2D eigenvalue weighted by Gasteiger charge is 2.06. The first-order chi connectivity index (χ1) is 10.0. The largest absolute Gasteiger partial charge is 0.497 e. The molecule has 0 spiro atoms. The summed E-state index contributed by atoms with van der Waals surface area (Å²) in [5, 5.41) is 13.6. The first-order valence-corrected chi connectivity index (χ1v) is 6.43. The van der Waals surface area contributed by atoms with Gasteiger partial charge in [0.2, 0.25) is 5.91 Å². The molecular weight excluding hydrogens is 276 g/mol. The van der Waals surface area contributed by atoms with E-state index < -0.39 is 5.97 Å². The lowest BCUT2D eigenvalue weighted by atomic mass is 10.2. The van der Waals surface area contributed by atoms with Crippen LogP contribution in [-0.4, -0.2) is 43.1 Å². The van der Waals surface area contributed by atoms with Gasteiger partial charge in [-0.15, -0.1) is 0 Å². The van der Waals surface area contributed by atoms with Crippen molar-refractivity contribution in [3.8, 4) is 5.75 Å². The minimum absolute atomic E-state index is 0.0677. The number of carboxylic acids is 1. The molecule has 0 aliphatic carbocycles. The zero-order valence-corrected chi connectivity index (χ0v) is 11.7. The molecule has 1 aromatic rings. The summed E-state index contributed by atoms with van der Waals surface area (Å²) in [6, 6.07) is 6.64. The van der Waals surface area contributed by atoms with Crippen LogP contribution in [0.3, 0.4) is 0 Å². The van der Waals surface area contributed by atoms with Gasteiger partial charge in [0.05, 0.1) is 13.5 Å². The molecule has 0 bridgehead atoms. The Bertz CT molecular complexity index is 499. The lowest BCUT2D eigenvalue weighted by molar-refractivity contribution is -0.138. The van der Waals surface area contributed by atoms with Crippen molar-refractivity contribution in [3.05, 3.63) is 29.8 Å². The maximum atomic E-state index is 11.8. The molecule has 0 saturated carbocycles. The van der Waals surface area contributed by atoms with E-state index in [-0.39, 0.29) is 37.7 Å². The number of methoxy groups -OCH3 is 1. The maximum absolute atomic E-state index is 11.8. The molecular formula is C14H18N2O5. The van der Waals surface area contributed by atoms with Crippen molar-refractivity contribution < 1.29 is 24.2 Å². The van der Waals surface area contributed by atoms with Gasteiger partial charge in [-0.3, -0.25) is 14.4 Å². The molecule has 0 saturated heterocycles. The fourth-order valence-corrected chi connectivity index (χ4v) is 1.53. The first-order valence-electron chi connectivity index (χ1n) is 6.43. The molecule has 1 aromatic carbocycles.